The zero-order valence-electron chi connectivity index (χ0n) is 10.3. The van der Waals surface area contributed by atoms with Crippen LogP contribution in [0.3, 0.4) is 0 Å². The molecule has 0 aliphatic carbocycles. The maximum Gasteiger partial charge on any atom is 0.123 e. The molecule has 1 aromatic carbocycles. The summed E-state index contributed by atoms with van der Waals surface area (Å²) in [6.45, 7) is 0. The molecule has 0 saturated carbocycles. The van der Waals surface area contributed by atoms with Crippen LogP contribution in [0.25, 0.3) is 0 Å². The van der Waals surface area contributed by atoms with Crippen molar-refractivity contribution in [1.82, 2.24) is 0 Å². The standard InChI is InChI=1S/C13H19NO2S/c1-15-9-5-6-11(16-2)10(8-9)13(14)12-4-3-7-17-12/h5-6,8,12-13H,3-4,7,14H2,1-2H3. The molecule has 0 aromatic heterocycles. The van der Waals surface area contributed by atoms with Gasteiger partial charge in [0.1, 0.15) is 11.5 Å². The van der Waals surface area contributed by atoms with Crippen molar-refractivity contribution in [1.29, 1.82) is 0 Å². The summed E-state index contributed by atoms with van der Waals surface area (Å²) in [5, 5.41) is 0.496. The summed E-state index contributed by atoms with van der Waals surface area (Å²) >= 11 is 1.96. The van der Waals surface area contributed by atoms with Gasteiger partial charge in [0.05, 0.1) is 14.2 Å². The molecular weight excluding hydrogens is 234 g/mol. The van der Waals surface area contributed by atoms with Gasteiger partial charge in [-0.1, -0.05) is 0 Å². The van der Waals surface area contributed by atoms with Crippen molar-refractivity contribution in [3.63, 3.8) is 0 Å². The fourth-order valence-electron chi connectivity index (χ4n) is 2.19. The maximum atomic E-state index is 6.34. The normalized spacial score (nSPS) is 21.2. The van der Waals surface area contributed by atoms with Crippen molar-refractivity contribution in [3.8, 4) is 11.5 Å². The molecule has 2 N–H and O–H groups in total. The largest absolute Gasteiger partial charge is 0.497 e. The van der Waals surface area contributed by atoms with Gasteiger partial charge >= 0.3 is 0 Å². The Hall–Kier alpha value is -0.870. The van der Waals surface area contributed by atoms with Crippen LogP contribution in [0, 0.1) is 0 Å². The zero-order chi connectivity index (χ0) is 12.3. The number of thioether (sulfide) groups is 1. The molecule has 1 fully saturated rings. The van der Waals surface area contributed by atoms with E-state index < -0.39 is 0 Å². The van der Waals surface area contributed by atoms with Gasteiger partial charge in [-0.05, 0) is 36.8 Å². The summed E-state index contributed by atoms with van der Waals surface area (Å²) in [5.41, 5.74) is 7.39. The van der Waals surface area contributed by atoms with Crippen molar-refractivity contribution in [2.45, 2.75) is 24.1 Å². The van der Waals surface area contributed by atoms with Gasteiger partial charge in [0, 0.05) is 16.9 Å². The van der Waals surface area contributed by atoms with E-state index in [1.54, 1.807) is 14.2 Å². The highest BCUT2D eigenvalue weighted by atomic mass is 32.2. The first kappa shape index (κ1) is 12.6. The molecule has 1 heterocycles. The summed E-state index contributed by atoms with van der Waals surface area (Å²) in [6, 6.07) is 5.83. The van der Waals surface area contributed by atoms with Gasteiger partial charge < -0.3 is 15.2 Å². The predicted molar refractivity (Wildman–Crippen MR) is 72.0 cm³/mol. The van der Waals surface area contributed by atoms with Crippen LogP contribution in [0.4, 0.5) is 0 Å². The molecule has 2 atom stereocenters. The van der Waals surface area contributed by atoms with Gasteiger partial charge in [-0.3, -0.25) is 0 Å². The Kier molecular flexibility index (Phi) is 4.18. The molecule has 0 bridgehead atoms. The Balaban J connectivity index is 2.27. The second kappa shape index (κ2) is 5.65. The van der Waals surface area contributed by atoms with E-state index in [0.29, 0.717) is 5.25 Å². The molecule has 1 aromatic rings. The number of benzene rings is 1. The van der Waals surface area contributed by atoms with Crippen LogP contribution in [0.5, 0.6) is 11.5 Å². The minimum absolute atomic E-state index is 0.0209. The van der Waals surface area contributed by atoms with Crippen molar-refractivity contribution < 1.29 is 9.47 Å². The lowest BCUT2D eigenvalue weighted by Gasteiger charge is -2.21. The summed E-state index contributed by atoms with van der Waals surface area (Å²) < 4.78 is 10.6. The summed E-state index contributed by atoms with van der Waals surface area (Å²) in [5.74, 6) is 2.90. The van der Waals surface area contributed by atoms with E-state index in [0.717, 1.165) is 17.1 Å². The number of nitrogens with two attached hydrogens (primary N) is 1. The van der Waals surface area contributed by atoms with Gasteiger partial charge in [0.15, 0.2) is 0 Å². The van der Waals surface area contributed by atoms with E-state index in [1.807, 2.05) is 30.0 Å². The molecule has 0 spiro atoms. The van der Waals surface area contributed by atoms with Crippen molar-refractivity contribution in [2.24, 2.45) is 5.73 Å². The van der Waals surface area contributed by atoms with E-state index in [-0.39, 0.29) is 6.04 Å². The lowest BCUT2D eigenvalue weighted by molar-refractivity contribution is 0.394. The smallest absolute Gasteiger partial charge is 0.123 e. The topological polar surface area (TPSA) is 44.5 Å². The van der Waals surface area contributed by atoms with Gasteiger partial charge in [-0.2, -0.15) is 11.8 Å². The molecule has 2 unspecified atom stereocenters. The lowest BCUT2D eigenvalue weighted by Crippen LogP contribution is -2.22. The van der Waals surface area contributed by atoms with Gasteiger partial charge in [-0.15, -0.1) is 0 Å². The molecule has 2 rings (SSSR count). The Morgan fingerprint density at radius 1 is 1.35 bits per heavy atom. The molecule has 4 heteroatoms. The van der Waals surface area contributed by atoms with Crippen molar-refractivity contribution in [3.05, 3.63) is 23.8 Å². The molecule has 1 saturated heterocycles. The van der Waals surface area contributed by atoms with Crippen molar-refractivity contribution >= 4 is 11.8 Å². The van der Waals surface area contributed by atoms with Gasteiger partial charge in [0.2, 0.25) is 0 Å². The third-order valence-corrected chi connectivity index (χ3v) is 4.64. The Morgan fingerprint density at radius 3 is 2.76 bits per heavy atom. The first-order valence-electron chi connectivity index (χ1n) is 5.85. The van der Waals surface area contributed by atoms with Crippen LogP contribution >= 0.6 is 11.8 Å². The number of rotatable bonds is 4. The predicted octanol–water partition coefficient (Wildman–Crippen LogP) is 2.60. The van der Waals surface area contributed by atoms with E-state index in [4.69, 9.17) is 15.2 Å². The number of ether oxygens (including phenoxy) is 2. The van der Waals surface area contributed by atoms with E-state index in [1.165, 1.54) is 18.6 Å². The van der Waals surface area contributed by atoms with E-state index in [2.05, 4.69) is 0 Å². The fraction of sp³-hybridized carbons (Fsp3) is 0.538. The van der Waals surface area contributed by atoms with Gasteiger partial charge in [0.25, 0.3) is 0 Å². The van der Waals surface area contributed by atoms with Crippen LogP contribution < -0.4 is 15.2 Å². The van der Waals surface area contributed by atoms with E-state index >= 15 is 0 Å². The summed E-state index contributed by atoms with van der Waals surface area (Å²) in [4.78, 5) is 0. The molecule has 94 valence electrons. The first-order valence-corrected chi connectivity index (χ1v) is 6.90. The Bertz CT molecular complexity index is 378. The lowest BCUT2D eigenvalue weighted by atomic mass is 10.0. The fourth-order valence-corrected chi connectivity index (χ4v) is 3.51. The van der Waals surface area contributed by atoms with E-state index in [9.17, 15) is 0 Å². The molecule has 0 amide bonds. The maximum absolute atomic E-state index is 6.34. The van der Waals surface area contributed by atoms with Crippen LogP contribution in [-0.4, -0.2) is 25.2 Å². The first-order chi connectivity index (χ1) is 8.26. The van der Waals surface area contributed by atoms with Crippen LogP contribution in [0.15, 0.2) is 18.2 Å². The second-order valence-corrected chi connectivity index (χ2v) is 5.53. The number of methoxy groups -OCH3 is 2. The van der Waals surface area contributed by atoms with Crippen LogP contribution in [-0.2, 0) is 0 Å². The summed E-state index contributed by atoms with van der Waals surface area (Å²) in [6.07, 6.45) is 2.45. The molecule has 1 aliphatic rings. The zero-order valence-corrected chi connectivity index (χ0v) is 11.1. The van der Waals surface area contributed by atoms with Gasteiger partial charge in [-0.25, -0.2) is 0 Å². The minimum Gasteiger partial charge on any atom is -0.497 e. The quantitative estimate of drug-likeness (QED) is 0.896. The molecule has 0 radical (unpaired) electrons. The Morgan fingerprint density at radius 2 is 2.18 bits per heavy atom. The molecule has 1 aliphatic heterocycles. The number of hydrogen-bond acceptors (Lipinski definition) is 4. The SMILES string of the molecule is COc1ccc(OC)c(C(N)C2CCCS2)c1. The Labute approximate surface area is 107 Å². The second-order valence-electron chi connectivity index (χ2n) is 4.19. The third kappa shape index (κ3) is 2.69. The van der Waals surface area contributed by atoms with Crippen LogP contribution in [0.2, 0.25) is 0 Å². The highest BCUT2D eigenvalue weighted by Gasteiger charge is 2.26. The molecule has 3 nitrogen and oxygen atoms in total. The monoisotopic (exact) mass is 253 g/mol. The molecular formula is C13H19NO2S. The average Bonchev–Trinajstić information content (AvgIpc) is 2.91. The minimum atomic E-state index is 0.0209. The highest BCUT2D eigenvalue weighted by Crippen LogP contribution is 2.38. The van der Waals surface area contributed by atoms with Crippen molar-refractivity contribution in [2.75, 3.05) is 20.0 Å². The highest BCUT2D eigenvalue weighted by molar-refractivity contribution is 8.00. The van der Waals surface area contributed by atoms with Crippen LogP contribution in [0.1, 0.15) is 24.4 Å². The number of hydrogen-bond donors (Lipinski definition) is 1. The molecule has 17 heavy (non-hydrogen) atoms. The third-order valence-electron chi connectivity index (χ3n) is 3.16. The average molecular weight is 253 g/mol. The summed E-state index contributed by atoms with van der Waals surface area (Å²) in [7, 11) is 3.35.